The SMILES string of the molecule is CC(C)[C@H](C1CC(Nc2cc3nccn3cn2)C1)N1CC2(CCN(c3ncnnc3Oc3ccc(F)cc3-c3cncnc3C3CC3)C2)C1. The lowest BCUT2D eigenvalue weighted by Gasteiger charge is -2.57. The molecule has 0 unspecified atom stereocenters. The summed E-state index contributed by atoms with van der Waals surface area (Å²) < 4.78 is 22.9. The first-order chi connectivity index (χ1) is 23.9. The summed E-state index contributed by atoms with van der Waals surface area (Å²) in [6.07, 6.45) is 15.8. The minimum Gasteiger partial charge on any atom is -0.434 e. The topological polar surface area (TPSA) is 122 Å². The molecule has 1 spiro atoms. The van der Waals surface area contributed by atoms with E-state index in [9.17, 15) is 4.39 Å². The Balaban J connectivity index is 0.863. The summed E-state index contributed by atoms with van der Waals surface area (Å²) in [7, 11) is 0. The van der Waals surface area contributed by atoms with Gasteiger partial charge in [0.1, 0.15) is 42.0 Å². The number of benzene rings is 1. The monoisotopic (exact) mass is 661 g/mol. The first-order valence-electron chi connectivity index (χ1n) is 17.4. The molecule has 4 fully saturated rings. The molecule has 2 saturated carbocycles. The fourth-order valence-corrected chi connectivity index (χ4v) is 8.51. The van der Waals surface area contributed by atoms with E-state index < -0.39 is 0 Å². The van der Waals surface area contributed by atoms with Crippen LogP contribution in [0.2, 0.25) is 0 Å². The summed E-state index contributed by atoms with van der Waals surface area (Å²) >= 11 is 0. The van der Waals surface area contributed by atoms with Crippen molar-refractivity contribution in [3.8, 4) is 22.8 Å². The third kappa shape index (κ3) is 5.73. The van der Waals surface area contributed by atoms with Crippen molar-refractivity contribution in [2.75, 3.05) is 36.4 Å². The summed E-state index contributed by atoms with van der Waals surface area (Å²) in [5.41, 5.74) is 3.44. The van der Waals surface area contributed by atoms with Crippen molar-refractivity contribution in [2.45, 2.75) is 64.0 Å². The van der Waals surface area contributed by atoms with Gasteiger partial charge in [-0.3, -0.25) is 9.30 Å². The molecule has 2 aliphatic carbocycles. The van der Waals surface area contributed by atoms with Crippen LogP contribution in [0, 0.1) is 23.1 Å². The molecule has 2 saturated heterocycles. The molecule has 12 nitrogen and oxygen atoms in total. The van der Waals surface area contributed by atoms with Crippen LogP contribution in [0.15, 0.2) is 61.8 Å². The lowest BCUT2D eigenvalue weighted by atomic mass is 9.68. The number of fused-ring (bicyclic) bond motifs is 1. The highest BCUT2D eigenvalue weighted by Gasteiger charge is 2.53. The van der Waals surface area contributed by atoms with Crippen molar-refractivity contribution in [3.05, 3.63) is 73.3 Å². The van der Waals surface area contributed by atoms with E-state index in [4.69, 9.17) is 4.74 Å². The number of hydrogen-bond donors (Lipinski definition) is 1. The van der Waals surface area contributed by atoms with Gasteiger partial charge >= 0.3 is 0 Å². The summed E-state index contributed by atoms with van der Waals surface area (Å²) in [4.78, 5) is 27.4. The zero-order valence-corrected chi connectivity index (χ0v) is 27.8. The lowest BCUT2D eigenvalue weighted by Crippen LogP contribution is -2.65. The molecule has 0 bridgehead atoms. The number of imidazole rings is 1. The molecule has 1 N–H and O–H groups in total. The van der Waals surface area contributed by atoms with E-state index in [1.165, 1.54) is 18.5 Å². The summed E-state index contributed by atoms with van der Waals surface area (Å²) in [5, 5.41) is 12.1. The van der Waals surface area contributed by atoms with Crippen LogP contribution in [0.1, 0.15) is 57.6 Å². The van der Waals surface area contributed by atoms with E-state index in [-0.39, 0.29) is 11.2 Å². The molecular weight excluding hydrogens is 621 g/mol. The van der Waals surface area contributed by atoms with Crippen LogP contribution in [-0.4, -0.2) is 82.7 Å². The number of rotatable bonds is 10. The third-order valence-electron chi connectivity index (χ3n) is 10.9. The van der Waals surface area contributed by atoms with Gasteiger partial charge in [-0.1, -0.05) is 13.8 Å². The number of nitrogens with one attached hydrogen (secondary N) is 1. The minimum atomic E-state index is -0.348. The van der Waals surface area contributed by atoms with Crippen LogP contribution in [0.4, 0.5) is 16.0 Å². The molecule has 1 atom stereocenters. The van der Waals surface area contributed by atoms with Crippen molar-refractivity contribution in [1.29, 1.82) is 0 Å². The van der Waals surface area contributed by atoms with Gasteiger partial charge in [0, 0.05) is 85.4 Å². The molecule has 0 amide bonds. The number of aromatic nitrogens is 8. The number of hydrogen-bond acceptors (Lipinski definition) is 11. The van der Waals surface area contributed by atoms with E-state index in [0.29, 0.717) is 52.8 Å². The van der Waals surface area contributed by atoms with Gasteiger partial charge in [0.25, 0.3) is 5.88 Å². The fourth-order valence-electron chi connectivity index (χ4n) is 8.51. The van der Waals surface area contributed by atoms with Crippen LogP contribution in [0.3, 0.4) is 0 Å². The van der Waals surface area contributed by atoms with Gasteiger partial charge in [-0.2, -0.15) is 0 Å². The van der Waals surface area contributed by atoms with Gasteiger partial charge in [0.2, 0.25) is 0 Å². The van der Waals surface area contributed by atoms with Crippen LogP contribution in [-0.2, 0) is 0 Å². The summed E-state index contributed by atoms with van der Waals surface area (Å²) in [6, 6.07) is 7.54. The highest BCUT2D eigenvalue weighted by atomic mass is 19.1. The second-order valence-electron chi connectivity index (χ2n) is 14.8. The average Bonchev–Trinajstić information content (AvgIpc) is 3.65. The number of nitrogens with zero attached hydrogens (tertiary/aromatic N) is 10. The molecule has 1 aromatic carbocycles. The van der Waals surface area contributed by atoms with Crippen LogP contribution < -0.4 is 15.0 Å². The predicted octanol–water partition coefficient (Wildman–Crippen LogP) is 5.61. The smallest absolute Gasteiger partial charge is 0.282 e. The summed E-state index contributed by atoms with van der Waals surface area (Å²) in [5.74, 6) is 3.62. The second kappa shape index (κ2) is 12.0. The molecule has 252 valence electrons. The van der Waals surface area contributed by atoms with Gasteiger partial charge in [0.15, 0.2) is 5.82 Å². The van der Waals surface area contributed by atoms with Crippen molar-refractivity contribution in [2.24, 2.45) is 17.3 Å². The first-order valence-corrected chi connectivity index (χ1v) is 17.4. The van der Waals surface area contributed by atoms with Crippen molar-refractivity contribution >= 4 is 17.3 Å². The number of likely N-dealkylation sites (tertiary alicyclic amines) is 1. The average molecular weight is 662 g/mol. The molecule has 2 aliphatic heterocycles. The standard InChI is InChI=1S/C36H40FN11O/c1-22(2)33(24-11-26(12-24)44-30-14-31-39-8-10-47(31)21-42-30)48-17-36(18-48)7-9-46(16-36)34-35(45-43-20-41-34)49-29-6-5-25(37)13-27(29)28-15-38-19-40-32(28)23-3-4-23/h5-6,8,10,13-15,19-24,26,33,44H,3-4,7,9,11-12,16-18H2,1-2H3/t24?,26?,33-/m1/s1. The van der Waals surface area contributed by atoms with Gasteiger partial charge in [0.05, 0.1) is 5.69 Å². The molecule has 6 heterocycles. The quantitative estimate of drug-likeness (QED) is 0.201. The van der Waals surface area contributed by atoms with Crippen LogP contribution in [0.25, 0.3) is 16.8 Å². The van der Waals surface area contributed by atoms with Crippen molar-refractivity contribution in [3.63, 3.8) is 0 Å². The number of ether oxygens (including phenoxy) is 1. The molecule has 13 heteroatoms. The van der Waals surface area contributed by atoms with E-state index in [1.54, 1.807) is 24.8 Å². The van der Waals surface area contributed by atoms with Crippen LogP contribution >= 0.6 is 0 Å². The van der Waals surface area contributed by atoms with E-state index in [1.807, 2.05) is 23.0 Å². The Bertz CT molecular complexity index is 1980. The Labute approximate surface area is 284 Å². The van der Waals surface area contributed by atoms with Gasteiger partial charge in [-0.25, -0.2) is 29.3 Å². The Morgan fingerprint density at radius 1 is 1.00 bits per heavy atom. The van der Waals surface area contributed by atoms with E-state index in [0.717, 1.165) is 81.0 Å². The molecule has 49 heavy (non-hydrogen) atoms. The third-order valence-corrected chi connectivity index (χ3v) is 10.9. The second-order valence-corrected chi connectivity index (χ2v) is 14.8. The maximum atomic E-state index is 14.6. The zero-order chi connectivity index (χ0) is 33.1. The molecule has 5 aromatic rings. The molecule has 4 aliphatic rings. The summed E-state index contributed by atoms with van der Waals surface area (Å²) in [6.45, 7) is 8.63. The zero-order valence-electron chi connectivity index (χ0n) is 27.8. The predicted molar refractivity (Wildman–Crippen MR) is 182 cm³/mol. The van der Waals surface area contributed by atoms with Gasteiger partial charge in [-0.15, -0.1) is 10.2 Å². The Morgan fingerprint density at radius 3 is 2.71 bits per heavy atom. The van der Waals surface area contributed by atoms with Gasteiger partial charge in [-0.05, 0) is 62.1 Å². The maximum absolute atomic E-state index is 14.6. The number of anilines is 2. The molecule has 0 radical (unpaired) electrons. The highest BCUT2D eigenvalue weighted by molar-refractivity contribution is 5.73. The number of halogens is 1. The van der Waals surface area contributed by atoms with Gasteiger partial charge < -0.3 is 15.0 Å². The van der Waals surface area contributed by atoms with Crippen molar-refractivity contribution in [1.82, 2.24) is 44.4 Å². The molecule has 9 rings (SSSR count). The lowest BCUT2D eigenvalue weighted by molar-refractivity contribution is -0.0656. The maximum Gasteiger partial charge on any atom is 0.282 e. The Kier molecular flexibility index (Phi) is 7.40. The highest BCUT2D eigenvalue weighted by Crippen LogP contribution is 2.49. The van der Waals surface area contributed by atoms with Crippen LogP contribution in [0.5, 0.6) is 11.6 Å². The largest absolute Gasteiger partial charge is 0.434 e. The molecular formula is C36H40FN11O. The molecule has 4 aromatic heterocycles. The van der Waals surface area contributed by atoms with E-state index >= 15 is 0 Å². The van der Waals surface area contributed by atoms with Crippen molar-refractivity contribution < 1.29 is 9.13 Å². The fraction of sp³-hybridized carbons (Fsp3) is 0.472. The minimum absolute atomic E-state index is 0.210. The Hall–Kier alpha value is -4.78. The normalized spacial score (nSPS) is 22.3. The van der Waals surface area contributed by atoms with E-state index in [2.05, 4.69) is 64.1 Å². The Morgan fingerprint density at radius 2 is 1.88 bits per heavy atom. The first kappa shape index (κ1) is 30.3.